The van der Waals surface area contributed by atoms with Crippen LogP contribution >= 0.6 is 54.8 Å². The molecule has 6 heteroatoms. The van der Waals surface area contributed by atoms with E-state index in [1.54, 1.807) is 0 Å². The van der Waals surface area contributed by atoms with Crippen LogP contribution in [0.15, 0.2) is 7.57 Å². The van der Waals surface area contributed by atoms with Crippen LogP contribution in [0.25, 0.3) is 0 Å². The zero-order chi connectivity index (χ0) is 8.72. The number of thiophene rings is 1. The minimum absolute atomic E-state index is 0.385. The van der Waals surface area contributed by atoms with Crippen LogP contribution in [0, 0.1) is 0 Å². The molecule has 0 fully saturated rings. The maximum absolute atomic E-state index is 5.75. The largest absolute Gasteiger partial charge is 0.482 e. The van der Waals surface area contributed by atoms with E-state index in [4.69, 9.17) is 21.1 Å². The molecule has 12 heavy (non-hydrogen) atoms. The second-order valence-corrected chi connectivity index (χ2v) is 6.29. The van der Waals surface area contributed by atoms with E-state index in [9.17, 15) is 0 Å². The Morgan fingerprint density at radius 2 is 2.00 bits per heavy atom. The van der Waals surface area contributed by atoms with Crippen molar-refractivity contribution in [2.45, 2.75) is 5.56 Å². The normalized spacial score (nSPS) is 21.1. The van der Waals surface area contributed by atoms with Crippen LogP contribution in [-0.2, 0) is 0 Å². The summed E-state index contributed by atoms with van der Waals surface area (Å²) >= 11 is 14.0. The van der Waals surface area contributed by atoms with Crippen molar-refractivity contribution in [3.05, 3.63) is 7.57 Å². The highest BCUT2D eigenvalue weighted by molar-refractivity contribution is 9.12. The highest BCUT2D eigenvalue weighted by Crippen LogP contribution is 2.50. The highest BCUT2D eigenvalue weighted by atomic mass is 79.9. The van der Waals surface area contributed by atoms with Crippen LogP contribution in [0.3, 0.4) is 0 Å². The Morgan fingerprint density at radius 3 is 2.75 bits per heavy atom. The summed E-state index contributed by atoms with van der Waals surface area (Å²) in [7, 11) is 0. The lowest BCUT2D eigenvalue weighted by Crippen LogP contribution is -2.22. The lowest BCUT2D eigenvalue weighted by Gasteiger charge is -2.20. The zero-order valence-corrected chi connectivity index (χ0v) is 10.4. The SMILES string of the molecule is ClC1COc2c(Br)sc(Br)c2O1. The molecule has 2 rings (SSSR count). The van der Waals surface area contributed by atoms with Crippen LogP contribution < -0.4 is 9.47 Å². The predicted octanol–water partition coefficient (Wildman–Crippen LogP) is 3.61. The third kappa shape index (κ3) is 1.47. The number of hydrogen-bond donors (Lipinski definition) is 0. The van der Waals surface area contributed by atoms with Crippen molar-refractivity contribution in [3.8, 4) is 11.5 Å². The molecule has 1 aliphatic heterocycles. The maximum atomic E-state index is 5.75. The lowest BCUT2D eigenvalue weighted by atomic mass is 10.5. The van der Waals surface area contributed by atoms with E-state index >= 15 is 0 Å². The molecule has 66 valence electrons. The van der Waals surface area contributed by atoms with Gasteiger partial charge in [-0.1, -0.05) is 11.6 Å². The molecule has 0 saturated heterocycles. The minimum Gasteiger partial charge on any atom is -0.482 e. The molecule has 0 spiro atoms. The predicted molar refractivity (Wildman–Crippen MR) is 55.5 cm³/mol. The Kier molecular flexibility index (Phi) is 2.56. The molecule has 1 aromatic rings. The van der Waals surface area contributed by atoms with E-state index in [-0.39, 0.29) is 0 Å². The monoisotopic (exact) mass is 332 g/mol. The van der Waals surface area contributed by atoms with Crippen LogP contribution in [0.5, 0.6) is 11.5 Å². The van der Waals surface area contributed by atoms with E-state index in [1.165, 1.54) is 11.3 Å². The lowest BCUT2D eigenvalue weighted by molar-refractivity contribution is 0.144. The molecule has 0 saturated carbocycles. The molecular formula is C6H3Br2ClO2S. The molecule has 2 heterocycles. The van der Waals surface area contributed by atoms with Gasteiger partial charge in [-0.15, -0.1) is 11.3 Å². The summed E-state index contributed by atoms with van der Waals surface area (Å²) in [6.07, 6.45) is 0. The van der Waals surface area contributed by atoms with Crippen LogP contribution in [0.4, 0.5) is 0 Å². The molecule has 0 bridgehead atoms. The fourth-order valence-corrected chi connectivity index (χ4v) is 3.86. The topological polar surface area (TPSA) is 18.5 Å². The Hall–Kier alpha value is 0.550. The second-order valence-electron chi connectivity index (χ2n) is 2.15. The number of halogens is 3. The van der Waals surface area contributed by atoms with Gasteiger partial charge in [0, 0.05) is 0 Å². The minimum atomic E-state index is -0.393. The summed E-state index contributed by atoms with van der Waals surface area (Å²) in [6, 6.07) is 0. The highest BCUT2D eigenvalue weighted by Gasteiger charge is 2.26. The molecule has 1 unspecified atom stereocenters. The molecule has 1 atom stereocenters. The van der Waals surface area contributed by atoms with Crippen molar-refractivity contribution in [2.75, 3.05) is 6.61 Å². The first kappa shape index (κ1) is 9.12. The molecule has 0 radical (unpaired) electrons. The van der Waals surface area contributed by atoms with Crippen molar-refractivity contribution in [1.29, 1.82) is 0 Å². The number of rotatable bonds is 0. The summed E-state index contributed by atoms with van der Waals surface area (Å²) in [5, 5.41) is 0. The first-order valence-corrected chi connectivity index (χ1v) is 5.93. The summed E-state index contributed by atoms with van der Waals surface area (Å²) < 4.78 is 12.5. The van der Waals surface area contributed by atoms with E-state index in [0.29, 0.717) is 12.4 Å². The fraction of sp³-hybridized carbons (Fsp3) is 0.333. The molecular weight excluding hydrogens is 331 g/mol. The quantitative estimate of drug-likeness (QED) is 0.675. The van der Waals surface area contributed by atoms with Gasteiger partial charge in [-0.25, -0.2) is 0 Å². The summed E-state index contributed by atoms with van der Waals surface area (Å²) in [5.74, 6) is 1.43. The molecule has 1 aromatic heterocycles. The fourth-order valence-electron chi connectivity index (χ4n) is 0.883. The number of ether oxygens (including phenoxy) is 2. The van der Waals surface area contributed by atoms with Gasteiger partial charge in [0.05, 0.1) is 0 Å². The average molecular weight is 334 g/mol. The molecule has 1 aliphatic rings. The van der Waals surface area contributed by atoms with Gasteiger partial charge in [-0.05, 0) is 31.9 Å². The second kappa shape index (κ2) is 3.36. The van der Waals surface area contributed by atoms with Gasteiger partial charge in [0.2, 0.25) is 5.56 Å². The van der Waals surface area contributed by atoms with Gasteiger partial charge in [0.15, 0.2) is 11.5 Å². The molecule has 0 aliphatic carbocycles. The molecule has 0 amide bonds. The number of hydrogen-bond acceptors (Lipinski definition) is 3. The van der Waals surface area contributed by atoms with Crippen molar-refractivity contribution in [3.63, 3.8) is 0 Å². The first-order valence-electron chi connectivity index (χ1n) is 3.10. The third-order valence-electron chi connectivity index (χ3n) is 1.35. The van der Waals surface area contributed by atoms with E-state index in [2.05, 4.69) is 31.9 Å². The Morgan fingerprint density at radius 1 is 1.33 bits per heavy atom. The van der Waals surface area contributed by atoms with Gasteiger partial charge < -0.3 is 9.47 Å². The van der Waals surface area contributed by atoms with E-state index in [1.807, 2.05) is 0 Å². The number of fused-ring (bicyclic) bond motifs is 1. The van der Waals surface area contributed by atoms with E-state index in [0.717, 1.165) is 13.3 Å². The first-order chi connectivity index (χ1) is 5.68. The van der Waals surface area contributed by atoms with Crippen molar-refractivity contribution in [2.24, 2.45) is 0 Å². The Labute approximate surface area is 95.1 Å². The summed E-state index contributed by atoms with van der Waals surface area (Å²) in [4.78, 5) is 0. The smallest absolute Gasteiger partial charge is 0.206 e. The van der Waals surface area contributed by atoms with Crippen molar-refractivity contribution in [1.82, 2.24) is 0 Å². The van der Waals surface area contributed by atoms with Crippen molar-refractivity contribution >= 4 is 54.8 Å². The molecule has 0 N–H and O–H groups in total. The van der Waals surface area contributed by atoms with Gasteiger partial charge >= 0.3 is 0 Å². The Balaban J connectivity index is 2.45. The standard InChI is InChI=1S/C6H3Br2ClO2S/c7-5-3-4(6(8)12-5)11-2(9)1-10-3/h2H,1H2. The van der Waals surface area contributed by atoms with Crippen LogP contribution in [0.2, 0.25) is 0 Å². The third-order valence-corrected chi connectivity index (χ3v) is 3.98. The van der Waals surface area contributed by atoms with Crippen LogP contribution in [-0.4, -0.2) is 12.2 Å². The Bertz CT molecular complexity index is 315. The molecule has 0 aromatic carbocycles. The summed E-state index contributed by atoms with van der Waals surface area (Å²) in [6.45, 7) is 0.385. The van der Waals surface area contributed by atoms with Crippen molar-refractivity contribution < 1.29 is 9.47 Å². The summed E-state index contributed by atoms with van der Waals surface area (Å²) in [5.41, 5.74) is -0.393. The van der Waals surface area contributed by atoms with Crippen LogP contribution in [0.1, 0.15) is 0 Å². The molecule has 2 nitrogen and oxygen atoms in total. The van der Waals surface area contributed by atoms with Gasteiger partial charge in [0.1, 0.15) is 14.2 Å². The van der Waals surface area contributed by atoms with E-state index < -0.39 is 5.56 Å². The van der Waals surface area contributed by atoms with Gasteiger partial charge in [-0.3, -0.25) is 0 Å². The average Bonchev–Trinajstić information content (AvgIpc) is 2.28. The number of alkyl halides is 1. The zero-order valence-electron chi connectivity index (χ0n) is 5.64. The van der Waals surface area contributed by atoms with Gasteiger partial charge in [0.25, 0.3) is 0 Å². The van der Waals surface area contributed by atoms with Gasteiger partial charge in [-0.2, -0.15) is 0 Å². The maximum Gasteiger partial charge on any atom is 0.206 e.